The first-order valence-electron chi connectivity index (χ1n) is 6.73. The molecule has 0 spiro atoms. The minimum Gasteiger partial charge on any atom is -0.443 e. The van der Waals surface area contributed by atoms with E-state index < -0.39 is 21.8 Å². The molecule has 0 saturated carbocycles. The molecule has 0 aliphatic carbocycles. The van der Waals surface area contributed by atoms with Gasteiger partial charge in [-0.15, -0.1) is 0 Å². The Morgan fingerprint density at radius 3 is 2.45 bits per heavy atom. The molecule has 0 unspecified atom stereocenters. The number of aromatic nitrogens is 1. The molecule has 0 radical (unpaired) electrons. The third-order valence-corrected chi connectivity index (χ3v) is 3.36. The van der Waals surface area contributed by atoms with Gasteiger partial charge in [-0.1, -0.05) is 18.2 Å². The van der Waals surface area contributed by atoms with Crippen molar-refractivity contribution in [2.24, 2.45) is 0 Å². The van der Waals surface area contributed by atoms with E-state index in [4.69, 9.17) is 8.92 Å². The van der Waals surface area contributed by atoms with Gasteiger partial charge in [0.15, 0.2) is 0 Å². The molecule has 2 rings (SSSR count). The van der Waals surface area contributed by atoms with E-state index in [1.54, 1.807) is 45.2 Å². The maximum Gasteiger partial charge on any atom is 0.419 e. The van der Waals surface area contributed by atoms with E-state index in [1.165, 1.54) is 4.57 Å². The number of hydrogen-bond acceptors (Lipinski definition) is 5. The van der Waals surface area contributed by atoms with Crippen LogP contribution in [0, 0.1) is 0 Å². The van der Waals surface area contributed by atoms with E-state index in [0.717, 1.165) is 11.6 Å². The molecule has 0 aliphatic rings. The number of carbonyl (C=O) groups is 1. The van der Waals surface area contributed by atoms with Crippen LogP contribution in [0.4, 0.5) is 4.79 Å². The summed E-state index contributed by atoms with van der Waals surface area (Å²) >= 11 is 0. The summed E-state index contributed by atoms with van der Waals surface area (Å²) in [6.07, 6.45) is 2.01. The summed E-state index contributed by atoms with van der Waals surface area (Å²) in [4.78, 5) is 12.3. The van der Waals surface area contributed by atoms with Crippen molar-refractivity contribution in [2.45, 2.75) is 33.0 Å². The predicted octanol–water partition coefficient (Wildman–Crippen LogP) is 2.90. The molecular formula is C15H19NO5S. The summed E-state index contributed by atoms with van der Waals surface area (Å²) < 4.78 is 33.8. The lowest BCUT2D eigenvalue weighted by Crippen LogP contribution is -2.26. The quantitative estimate of drug-likeness (QED) is 0.811. The molecule has 0 aliphatic heterocycles. The van der Waals surface area contributed by atoms with E-state index in [-0.39, 0.29) is 6.61 Å². The third kappa shape index (κ3) is 4.08. The molecule has 1 aromatic carbocycles. The minimum atomic E-state index is -3.56. The second-order valence-electron chi connectivity index (χ2n) is 5.99. The summed E-state index contributed by atoms with van der Waals surface area (Å²) in [6.45, 7) is 5.22. The number of ether oxygens (including phenoxy) is 1. The number of fused-ring (bicyclic) bond motifs is 1. The highest BCUT2D eigenvalue weighted by Crippen LogP contribution is 2.23. The van der Waals surface area contributed by atoms with Gasteiger partial charge in [0.05, 0.1) is 18.4 Å². The molecule has 0 amide bonds. The monoisotopic (exact) mass is 325 g/mol. The first-order chi connectivity index (χ1) is 10.1. The van der Waals surface area contributed by atoms with Crippen molar-refractivity contribution in [3.63, 3.8) is 0 Å². The summed E-state index contributed by atoms with van der Waals surface area (Å²) in [5.74, 6) is 0. The molecule has 2 aromatic rings. The maximum atomic E-state index is 12.3. The Kier molecular flexibility index (Phi) is 4.30. The average Bonchev–Trinajstić information content (AvgIpc) is 2.72. The van der Waals surface area contributed by atoms with Crippen LogP contribution in [-0.4, -0.2) is 30.9 Å². The van der Waals surface area contributed by atoms with Crippen LogP contribution in [0.3, 0.4) is 0 Å². The second-order valence-corrected chi connectivity index (χ2v) is 7.63. The van der Waals surface area contributed by atoms with Crippen LogP contribution >= 0.6 is 0 Å². The van der Waals surface area contributed by atoms with E-state index in [0.29, 0.717) is 11.1 Å². The third-order valence-electron chi connectivity index (χ3n) is 2.81. The zero-order valence-corrected chi connectivity index (χ0v) is 13.8. The smallest absolute Gasteiger partial charge is 0.419 e. The molecule has 0 bridgehead atoms. The van der Waals surface area contributed by atoms with Gasteiger partial charge in [0, 0.05) is 17.1 Å². The summed E-state index contributed by atoms with van der Waals surface area (Å²) in [5.41, 5.74) is 0.627. The molecule has 1 heterocycles. The Morgan fingerprint density at radius 2 is 1.86 bits per heavy atom. The highest BCUT2D eigenvalue weighted by atomic mass is 32.2. The van der Waals surface area contributed by atoms with Crippen LogP contribution in [0.25, 0.3) is 10.9 Å². The number of nitrogens with zero attached hydrogens (tertiary/aromatic N) is 1. The Morgan fingerprint density at radius 1 is 1.23 bits per heavy atom. The molecule has 120 valence electrons. The summed E-state index contributed by atoms with van der Waals surface area (Å²) in [5, 5.41) is 0.747. The van der Waals surface area contributed by atoms with E-state index in [1.807, 2.05) is 6.07 Å². The van der Waals surface area contributed by atoms with Crippen LogP contribution in [0.2, 0.25) is 0 Å². The van der Waals surface area contributed by atoms with Gasteiger partial charge in [0.2, 0.25) is 0 Å². The van der Waals surface area contributed by atoms with Gasteiger partial charge in [-0.2, -0.15) is 8.42 Å². The molecule has 6 nitrogen and oxygen atoms in total. The molecule has 22 heavy (non-hydrogen) atoms. The Labute approximate surface area is 129 Å². The van der Waals surface area contributed by atoms with Gasteiger partial charge >= 0.3 is 6.09 Å². The van der Waals surface area contributed by atoms with E-state index in [9.17, 15) is 13.2 Å². The van der Waals surface area contributed by atoms with Crippen molar-refractivity contribution < 1.29 is 22.1 Å². The molecule has 0 N–H and O–H groups in total. The first kappa shape index (κ1) is 16.5. The Bertz CT molecular complexity index is 799. The number of para-hydroxylation sites is 1. The van der Waals surface area contributed by atoms with Crippen LogP contribution in [0.5, 0.6) is 0 Å². The van der Waals surface area contributed by atoms with Gasteiger partial charge in [-0.05, 0) is 26.8 Å². The topological polar surface area (TPSA) is 74.6 Å². The molecule has 0 saturated heterocycles. The predicted molar refractivity (Wildman–Crippen MR) is 83.2 cm³/mol. The SMILES string of the molecule is CC(C)(C)OC(=O)n1cc(COS(C)(=O)=O)c2ccccc21. The first-order valence-corrected chi connectivity index (χ1v) is 8.55. The Hall–Kier alpha value is -1.86. The second kappa shape index (κ2) is 5.73. The normalized spacial score (nSPS) is 12.5. The van der Waals surface area contributed by atoms with Crippen LogP contribution in [-0.2, 0) is 25.6 Å². The Balaban J connectivity index is 2.41. The standard InChI is InChI=1S/C15H19NO5S/c1-15(2,3)21-14(17)16-9-11(10-20-22(4,18)19)12-7-5-6-8-13(12)16/h5-9H,10H2,1-4H3. The van der Waals surface area contributed by atoms with Crippen LogP contribution in [0.1, 0.15) is 26.3 Å². The van der Waals surface area contributed by atoms with Gasteiger partial charge in [-0.25, -0.2) is 4.79 Å². The molecule has 0 atom stereocenters. The van der Waals surface area contributed by atoms with Crippen LogP contribution in [0.15, 0.2) is 30.5 Å². The van der Waals surface area contributed by atoms with Crippen molar-refractivity contribution >= 4 is 27.1 Å². The van der Waals surface area contributed by atoms with E-state index >= 15 is 0 Å². The average molecular weight is 325 g/mol. The van der Waals surface area contributed by atoms with Gasteiger partial charge in [-0.3, -0.25) is 8.75 Å². The maximum absolute atomic E-state index is 12.3. The summed E-state index contributed by atoms with van der Waals surface area (Å²) in [7, 11) is -3.56. The lowest BCUT2D eigenvalue weighted by atomic mass is 10.2. The fourth-order valence-electron chi connectivity index (χ4n) is 2.00. The number of benzene rings is 1. The van der Waals surface area contributed by atoms with Crippen molar-refractivity contribution in [1.29, 1.82) is 0 Å². The highest BCUT2D eigenvalue weighted by molar-refractivity contribution is 7.85. The van der Waals surface area contributed by atoms with Gasteiger partial charge in [0.1, 0.15) is 5.60 Å². The zero-order valence-electron chi connectivity index (χ0n) is 13.0. The van der Waals surface area contributed by atoms with Crippen molar-refractivity contribution in [3.8, 4) is 0 Å². The fraction of sp³-hybridized carbons (Fsp3) is 0.400. The molecular weight excluding hydrogens is 306 g/mol. The van der Waals surface area contributed by atoms with Crippen LogP contribution < -0.4 is 0 Å². The lowest BCUT2D eigenvalue weighted by molar-refractivity contribution is 0.0544. The largest absolute Gasteiger partial charge is 0.443 e. The van der Waals surface area contributed by atoms with Gasteiger partial charge < -0.3 is 4.74 Å². The lowest BCUT2D eigenvalue weighted by Gasteiger charge is -2.19. The van der Waals surface area contributed by atoms with Crippen molar-refractivity contribution in [2.75, 3.05) is 6.26 Å². The highest BCUT2D eigenvalue weighted by Gasteiger charge is 2.21. The number of hydrogen-bond donors (Lipinski definition) is 0. The number of rotatable bonds is 3. The molecule has 1 aromatic heterocycles. The van der Waals surface area contributed by atoms with Crippen molar-refractivity contribution in [3.05, 3.63) is 36.0 Å². The van der Waals surface area contributed by atoms with E-state index in [2.05, 4.69) is 0 Å². The fourth-order valence-corrected chi connectivity index (χ4v) is 2.34. The zero-order chi connectivity index (χ0) is 16.5. The van der Waals surface area contributed by atoms with Gasteiger partial charge in [0.25, 0.3) is 10.1 Å². The molecule has 0 fully saturated rings. The minimum absolute atomic E-state index is 0.130. The number of carbonyl (C=O) groups excluding carboxylic acids is 1. The van der Waals surface area contributed by atoms with Crippen molar-refractivity contribution in [1.82, 2.24) is 4.57 Å². The summed E-state index contributed by atoms with van der Waals surface area (Å²) in [6, 6.07) is 7.18. The molecule has 7 heteroatoms.